The van der Waals surface area contributed by atoms with E-state index in [0.717, 1.165) is 23.9 Å². The van der Waals surface area contributed by atoms with E-state index in [1.165, 1.54) is 6.33 Å². The van der Waals surface area contributed by atoms with E-state index < -0.39 is 27.0 Å². The summed E-state index contributed by atoms with van der Waals surface area (Å²) in [5.41, 5.74) is -1.48. The lowest BCUT2D eigenvalue weighted by molar-refractivity contribution is -0.396. The quantitative estimate of drug-likeness (QED) is 0.632. The number of nitro groups is 2. The van der Waals surface area contributed by atoms with Crippen molar-refractivity contribution in [2.24, 2.45) is 0 Å². The molecular weight excluding hydrogens is 278 g/mol. The molecule has 1 aromatic carbocycles. The maximum Gasteiger partial charge on any atom is 0.319 e. The third-order valence-corrected chi connectivity index (χ3v) is 2.91. The second-order valence-electron chi connectivity index (χ2n) is 3.22. The molecule has 98 valence electrons. The van der Waals surface area contributed by atoms with Crippen LogP contribution in [0.3, 0.4) is 0 Å². The molecule has 0 atom stereocenters. The molecule has 0 spiro atoms. The van der Waals surface area contributed by atoms with Gasteiger partial charge in [0.05, 0.1) is 9.85 Å². The number of H-pyrrole nitrogens is 1. The second-order valence-corrected chi connectivity index (χ2v) is 4.28. The van der Waals surface area contributed by atoms with Crippen molar-refractivity contribution in [3.8, 4) is 5.75 Å². The smallest absolute Gasteiger partial charge is 0.319 e. The van der Waals surface area contributed by atoms with Crippen molar-refractivity contribution in [2.75, 3.05) is 0 Å². The number of phenols is 1. The minimum atomic E-state index is -0.975. The minimum Gasteiger partial charge on any atom is -0.497 e. The standard InChI is InChI=1S/C8H5N5O5S/c14-7-5(12(15)16)1-4(2-6(7)13(17)18)19-8-9-3-10-11-8/h1-3,14H,(H,9,10,11). The summed E-state index contributed by atoms with van der Waals surface area (Å²) >= 11 is 0.917. The summed E-state index contributed by atoms with van der Waals surface area (Å²) in [5, 5.41) is 37.3. The Hall–Kier alpha value is -2.69. The number of hydrogen-bond donors (Lipinski definition) is 2. The highest BCUT2D eigenvalue weighted by atomic mass is 32.2. The molecule has 0 radical (unpaired) electrons. The van der Waals surface area contributed by atoms with Crippen molar-refractivity contribution < 1.29 is 15.0 Å². The van der Waals surface area contributed by atoms with Crippen molar-refractivity contribution in [3.05, 3.63) is 38.7 Å². The van der Waals surface area contributed by atoms with Crippen molar-refractivity contribution in [3.63, 3.8) is 0 Å². The monoisotopic (exact) mass is 283 g/mol. The SMILES string of the molecule is O=[N+]([O-])c1cc(Sc2ncn[nH]2)cc([N+](=O)[O-])c1O. The van der Waals surface area contributed by atoms with Gasteiger partial charge >= 0.3 is 11.4 Å². The van der Waals surface area contributed by atoms with E-state index in [0.29, 0.717) is 5.16 Å². The number of aromatic amines is 1. The predicted octanol–water partition coefficient (Wildman–Crippen LogP) is 1.48. The van der Waals surface area contributed by atoms with E-state index in [1.54, 1.807) is 0 Å². The Morgan fingerprint density at radius 1 is 1.21 bits per heavy atom. The minimum absolute atomic E-state index is 0.188. The Morgan fingerprint density at radius 3 is 2.21 bits per heavy atom. The predicted molar refractivity (Wildman–Crippen MR) is 61.9 cm³/mol. The van der Waals surface area contributed by atoms with Crippen LogP contribution in [-0.4, -0.2) is 30.1 Å². The maximum atomic E-state index is 10.7. The Morgan fingerprint density at radius 2 is 1.79 bits per heavy atom. The number of nitrogens with one attached hydrogen (secondary N) is 1. The topological polar surface area (TPSA) is 148 Å². The second kappa shape index (κ2) is 4.89. The number of phenolic OH excluding ortho intramolecular Hbond substituents is 1. The number of benzene rings is 1. The van der Waals surface area contributed by atoms with Crippen LogP contribution >= 0.6 is 11.8 Å². The van der Waals surface area contributed by atoms with Gasteiger partial charge in [0, 0.05) is 17.0 Å². The first-order chi connectivity index (χ1) is 8.99. The van der Waals surface area contributed by atoms with E-state index in [1.807, 2.05) is 0 Å². The van der Waals surface area contributed by atoms with E-state index in [2.05, 4.69) is 15.2 Å². The van der Waals surface area contributed by atoms with Gasteiger partial charge in [-0.05, 0) is 11.8 Å². The Kier molecular flexibility index (Phi) is 3.29. The molecule has 10 nitrogen and oxygen atoms in total. The van der Waals surface area contributed by atoms with Crippen LogP contribution in [0.4, 0.5) is 11.4 Å². The van der Waals surface area contributed by atoms with E-state index in [4.69, 9.17) is 0 Å². The number of aromatic hydroxyl groups is 1. The molecule has 2 N–H and O–H groups in total. The fourth-order valence-corrected chi connectivity index (χ4v) is 2.03. The highest BCUT2D eigenvalue weighted by Crippen LogP contribution is 2.40. The van der Waals surface area contributed by atoms with Gasteiger partial charge in [0.25, 0.3) is 5.75 Å². The molecule has 0 amide bonds. The third kappa shape index (κ3) is 2.60. The Bertz CT molecular complexity index is 608. The van der Waals surface area contributed by atoms with E-state index >= 15 is 0 Å². The van der Waals surface area contributed by atoms with Crippen LogP contribution in [0.2, 0.25) is 0 Å². The lowest BCUT2D eigenvalue weighted by Gasteiger charge is -2.01. The first-order valence-electron chi connectivity index (χ1n) is 4.68. The highest BCUT2D eigenvalue weighted by molar-refractivity contribution is 7.99. The molecule has 0 aliphatic carbocycles. The molecule has 1 aromatic heterocycles. The first-order valence-corrected chi connectivity index (χ1v) is 5.49. The summed E-state index contributed by atoms with van der Waals surface area (Å²) in [6.07, 6.45) is 1.23. The first kappa shape index (κ1) is 12.8. The van der Waals surface area contributed by atoms with Gasteiger partial charge in [0.1, 0.15) is 6.33 Å². The summed E-state index contributed by atoms with van der Waals surface area (Å²) in [5.74, 6) is -0.975. The van der Waals surface area contributed by atoms with Gasteiger partial charge < -0.3 is 5.11 Å². The van der Waals surface area contributed by atoms with Crippen molar-refractivity contribution in [1.82, 2.24) is 15.2 Å². The van der Waals surface area contributed by atoms with Gasteiger partial charge in [-0.25, -0.2) is 4.98 Å². The lowest BCUT2D eigenvalue weighted by Crippen LogP contribution is -1.95. The van der Waals surface area contributed by atoms with Crippen LogP contribution in [0.5, 0.6) is 5.75 Å². The van der Waals surface area contributed by atoms with Crippen LogP contribution in [0.1, 0.15) is 0 Å². The third-order valence-electron chi connectivity index (χ3n) is 2.04. The fourth-order valence-electron chi connectivity index (χ4n) is 1.27. The average Bonchev–Trinajstić information content (AvgIpc) is 2.83. The molecule has 2 rings (SSSR count). The van der Waals surface area contributed by atoms with Gasteiger partial charge in [-0.15, -0.1) is 0 Å². The van der Waals surface area contributed by atoms with Crippen molar-refractivity contribution >= 4 is 23.1 Å². The normalized spacial score (nSPS) is 10.3. The zero-order chi connectivity index (χ0) is 14.0. The van der Waals surface area contributed by atoms with E-state index in [9.17, 15) is 25.3 Å². The summed E-state index contributed by atoms with van der Waals surface area (Å²) < 4.78 is 0. The molecule has 0 aliphatic rings. The molecule has 0 saturated heterocycles. The number of nitro benzene ring substituents is 2. The zero-order valence-corrected chi connectivity index (χ0v) is 9.83. The zero-order valence-electron chi connectivity index (χ0n) is 9.01. The van der Waals surface area contributed by atoms with E-state index in [-0.39, 0.29) is 4.90 Å². The fraction of sp³-hybridized carbons (Fsp3) is 0. The van der Waals surface area contributed by atoms with Crippen molar-refractivity contribution in [2.45, 2.75) is 10.1 Å². The molecular formula is C8H5N5O5S. The molecule has 0 unspecified atom stereocenters. The average molecular weight is 283 g/mol. The number of hydrogen-bond acceptors (Lipinski definition) is 8. The van der Waals surface area contributed by atoms with Gasteiger partial charge in [0.2, 0.25) is 0 Å². The molecule has 0 aliphatic heterocycles. The molecule has 0 bridgehead atoms. The molecule has 1 heterocycles. The van der Waals surface area contributed by atoms with Crippen LogP contribution in [0.25, 0.3) is 0 Å². The number of aromatic nitrogens is 3. The van der Waals surface area contributed by atoms with Gasteiger partial charge in [0.15, 0.2) is 5.16 Å². The molecule has 0 saturated carbocycles. The highest BCUT2D eigenvalue weighted by Gasteiger charge is 2.26. The molecule has 19 heavy (non-hydrogen) atoms. The van der Waals surface area contributed by atoms with Crippen molar-refractivity contribution in [1.29, 1.82) is 0 Å². The molecule has 2 aromatic rings. The maximum absolute atomic E-state index is 10.7. The van der Waals surface area contributed by atoms with Crippen LogP contribution in [0, 0.1) is 20.2 Å². The number of rotatable bonds is 4. The van der Waals surface area contributed by atoms with Crippen LogP contribution < -0.4 is 0 Å². The Labute approximate surface area is 108 Å². The summed E-state index contributed by atoms with van der Waals surface area (Å²) in [6, 6.07) is 2.05. The molecule has 11 heteroatoms. The largest absolute Gasteiger partial charge is 0.497 e. The summed E-state index contributed by atoms with van der Waals surface area (Å²) in [6.45, 7) is 0. The summed E-state index contributed by atoms with van der Waals surface area (Å²) in [7, 11) is 0. The van der Waals surface area contributed by atoms with Crippen LogP contribution in [-0.2, 0) is 0 Å². The summed E-state index contributed by atoms with van der Waals surface area (Å²) in [4.78, 5) is 23.6. The Balaban J connectivity index is 2.50. The molecule has 0 fully saturated rings. The lowest BCUT2D eigenvalue weighted by atomic mass is 10.2. The van der Waals surface area contributed by atoms with Gasteiger partial charge in [-0.3, -0.25) is 25.3 Å². The van der Waals surface area contributed by atoms with Gasteiger partial charge in [-0.2, -0.15) is 5.10 Å². The number of nitrogens with zero attached hydrogens (tertiary/aromatic N) is 4. The van der Waals surface area contributed by atoms with Crippen LogP contribution in [0.15, 0.2) is 28.5 Å². The van der Waals surface area contributed by atoms with Gasteiger partial charge in [-0.1, -0.05) is 0 Å².